The number of carboxylic acid groups (broad SMARTS) is 1. The molecule has 1 aromatic carbocycles. The van der Waals surface area contributed by atoms with Crippen molar-refractivity contribution in [2.45, 2.75) is 32.2 Å². The Bertz CT molecular complexity index is 511. The summed E-state index contributed by atoms with van der Waals surface area (Å²) in [6.45, 7) is 1.67. The Kier molecular flexibility index (Phi) is 3.69. The third-order valence-corrected chi connectivity index (χ3v) is 3.43. The van der Waals surface area contributed by atoms with E-state index in [2.05, 4.69) is 5.32 Å². The van der Waals surface area contributed by atoms with Gasteiger partial charge in [-0.15, -0.1) is 0 Å². The van der Waals surface area contributed by atoms with E-state index >= 15 is 0 Å². The van der Waals surface area contributed by atoms with Crippen LogP contribution in [0.1, 0.15) is 24.8 Å². The van der Waals surface area contributed by atoms with E-state index in [1.54, 1.807) is 19.1 Å². The van der Waals surface area contributed by atoms with E-state index in [0.717, 1.165) is 12.8 Å². The van der Waals surface area contributed by atoms with Gasteiger partial charge in [-0.25, -0.2) is 0 Å². The van der Waals surface area contributed by atoms with Gasteiger partial charge in [-0.3, -0.25) is 14.9 Å². The second-order valence-corrected chi connectivity index (χ2v) is 4.89. The summed E-state index contributed by atoms with van der Waals surface area (Å²) >= 11 is 0. The Morgan fingerprint density at radius 1 is 1.58 bits per heavy atom. The van der Waals surface area contributed by atoms with Crippen LogP contribution in [0.15, 0.2) is 18.2 Å². The molecule has 0 heterocycles. The molecule has 0 saturated heterocycles. The van der Waals surface area contributed by atoms with Gasteiger partial charge in [-0.1, -0.05) is 6.07 Å². The Hall–Kier alpha value is -2.11. The van der Waals surface area contributed by atoms with Crippen molar-refractivity contribution in [3.05, 3.63) is 33.9 Å². The third-order valence-electron chi connectivity index (χ3n) is 3.43. The summed E-state index contributed by atoms with van der Waals surface area (Å²) in [7, 11) is 0. The number of nitro groups is 1. The molecular weight excluding hydrogens is 248 g/mol. The lowest BCUT2D eigenvalue weighted by Gasteiger charge is -2.19. The normalized spacial score (nSPS) is 15.8. The van der Waals surface area contributed by atoms with Crippen molar-refractivity contribution in [1.29, 1.82) is 0 Å². The van der Waals surface area contributed by atoms with Gasteiger partial charge in [0, 0.05) is 23.4 Å². The van der Waals surface area contributed by atoms with E-state index in [-0.39, 0.29) is 18.2 Å². The van der Waals surface area contributed by atoms with Crippen molar-refractivity contribution in [1.82, 2.24) is 0 Å². The fourth-order valence-corrected chi connectivity index (χ4v) is 2.20. The Morgan fingerprint density at radius 3 is 2.79 bits per heavy atom. The molecule has 1 fully saturated rings. The lowest BCUT2D eigenvalue weighted by Crippen LogP contribution is -2.25. The van der Waals surface area contributed by atoms with Crippen LogP contribution in [0.25, 0.3) is 0 Å². The maximum atomic E-state index is 10.9. The van der Waals surface area contributed by atoms with Crippen LogP contribution in [0.5, 0.6) is 0 Å². The summed E-state index contributed by atoms with van der Waals surface area (Å²) in [4.78, 5) is 21.3. The number of hydrogen-bond acceptors (Lipinski definition) is 4. The maximum Gasteiger partial charge on any atom is 0.305 e. The van der Waals surface area contributed by atoms with Crippen LogP contribution in [0.3, 0.4) is 0 Å². The number of rotatable bonds is 6. The molecule has 1 atom stereocenters. The van der Waals surface area contributed by atoms with Gasteiger partial charge in [-0.05, 0) is 31.7 Å². The Morgan fingerprint density at radius 2 is 2.26 bits per heavy atom. The van der Waals surface area contributed by atoms with Crippen molar-refractivity contribution < 1.29 is 14.8 Å². The van der Waals surface area contributed by atoms with Crippen LogP contribution in [0.4, 0.5) is 11.4 Å². The summed E-state index contributed by atoms with van der Waals surface area (Å²) in [6.07, 6.45) is 2.06. The van der Waals surface area contributed by atoms with Crippen LogP contribution < -0.4 is 5.32 Å². The van der Waals surface area contributed by atoms with E-state index in [1.807, 2.05) is 0 Å². The first kappa shape index (κ1) is 13.3. The van der Waals surface area contributed by atoms with E-state index in [0.29, 0.717) is 17.2 Å². The minimum atomic E-state index is -0.854. The number of nitrogens with zero attached hydrogens (tertiary/aromatic N) is 1. The van der Waals surface area contributed by atoms with Crippen LogP contribution in [-0.2, 0) is 4.79 Å². The number of nitro benzene ring substituents is 1. The molecule has 19 heavy (non-hydrogen) atoms. The first-order valence-electron chi connectivity index (χ1n) is 6.21. The zero-order valence-corrected chi connectivity index (χ0v) is 10.6. The molecule has 1 saturated carbocycles. The predicted octanol–water partition coefficient (Wildman–Crippen LogP) is 2.57. The predicted molar refractivity (Wildman–Crippen MR) is 70.2 cm³/mol. The van der Waals surface area contributed by atoms with Gasteiger partial charge >= 0.3 is 5.97 Å². The van der Waals surface area contributed by atoms with Crippen molar-refractivity contribution in [2.75, 3.05) is 5.32 Å². The minimum absolute atomic E-state index is 0.0345. The minimum Gasteiger partial charge on any atom is -0.481 e. The largest absolute Gasteiger partial charge is 0.481 e. The number of carbonyl (C=O) groups is 1. The highest BCUT2D eigenvalue weighted by Crippen LogP contribution is 2.37. The summed E-state index contributed by atoms with van der Waals surface area (Å²) in [5.41, 5.74) is 1.24. The SMILES string of the molecule is Cc1c(NC(CC(=O)O)C2CC2)cccc1[N+](=O)[O-]. The van der Waals surface area contributed by atoms with Crippen LogP contribution in [0.2, 0.25) is 0 Å². The topological polar surface area (TPSA) is 92.5 Å². The molecule has 102 valence electrons. The second-order valence-electron chi connectivity index (χ2n) is 4.89. The average molecular weight is 264 g/mol. The van der Waals surface area contributed by atoms with Crippen molar-refractivity contribution in [3.8, 4) is 0 Å². The third kappa shape index (κ3) is 3.21. The molecule has 0 amide bonds. The zero-order chi connectivity index (χ0) is 14.0. The van der Waals surface area contributed by atoms with Gasteiger partial charge in [0.15, 0.2) is 0 Å². The average Bonchev–Trinajstić information content (AvgIpc) is 3.13. The molecule has 6 heteroatoms. The number of aliphatic carboxylic acids is 1. The quantitative estimate of drug-likeness (QED) is 0.608. The zero-order valence-electron chi connectivity index (χ0n) is 10.6. The molecule has 1 aliphatic rings. The van der Waals surface area contributed by atoms with Crippen molar-refractivity contribution in [3.63, 3.8) is 0 Å². The molecule has 0 aliphatic heterocycles. The number of anilines is 1. The number of hydrogen-bond donors (Lipinski definition) is 2. The highest BCUT2D eigenvalue weighted by Gasteiger charge is 2.33. The molecule has 6 nitrogen and oxygen atoms in total. The molecule has 0 radical (unpaired) electrons. The molecule has 0 bridgehead atoms. The fraction of sp³-hybridized carbons (Fsp3) is 0.462. The molecule has 1 aliphatic carbocycles. The number of nitrogens with one attached hydrogen (secondary N) is 1. The summed E-state index contributed by atoms with van der Waals surface area (Å²) < 4.78 is 0. The van der Waals surface area contributed by atoms with E-state index in [9.17, 15) is 14.9 Å². The molecule has 1 aromatic rings. The smallest absolute Gasteiger partial charge is 0.305 e. The molecule has 1 unspecified atom stereocenters. The van der Waals surface area contributed by atoms with Gasteiger partial charge in [0.2, 0.25) is 0 Å². The first-order chi connectivity index (χ1) is 8.99. The summed E-state index contributed by atoms with van der Waals surface area (Å²) in [5.74, 6) is -0.498. The second kappa shape index (κ2) is 5.26. The van der Waals surface area contributed by atoms with E-state index < -0.39 is 10.9 Å². The standard InChI is InChI=1S/C13H16N2O4/c1-8-10(3-2-4-12(8)15(18)19)14-11(7-13(16)17)9-5-6-9/h2-4,9,11,14H,5-7H2,1H3,(H,16,17). The lowest BCUT2D eigenvalue weighted by atomic mass is 10.1. The maximum absolute atomic E-state index is 10.9. The highest BCUT2D eigenvalue weighted by atomic mass is 16.6. The van der Waals surface area contributed by atoms with Gasteiger partial charge in [0.1, 0.15) is 0 Å². The van der Waals surface area contributed by atoms with Crippen LogP contribution >= 0.6 is 0 Å². The van der Waals surface area contributed by atoms with E-state index in [1.165, 1.54) is 6.07 Å². The van der Waals surface area contributed by atoms with Gasteiger partial charge in [-0.2, -0.15) is 0 Å². The number of carboxylic acids is 1. The highest BCUT2D eigenvalue weighted by molar-refractivity contribution is 5.69. The monoisotopic (exact) mass is 264 g/mol. The fourth-order valence-electron chi connectivity index (χ4n) is 2.20. The molecule has 0 spiro atoms. The van der Waals surface area contributed by atoms with Gasteiger partial charge < -0.3 is 10.4 Å². The Labute approximate surface area is 110 Å². The van der Waals surface area contributed by atoms with Gasteiger partial charge in [0.25, 0.3) is 5.69 Å². The summed E-state index contributed by atoms with van der Waals surface area (Å²) in [6, 6.07) is 4.65. The first-order valence-corrected chi connectivity index (χ1v) is 6.21. The molecule has 2 rings (SSSR count). The summed E-state index contributed by atoms with van der Waals surface area (Å²) in [5, 5.41) is 22.9. The number of benzene rings is 1. The lowest BCUT2D eigenvalue weighted by molar-refractivity contribution is -0.385. The van der Waals surface area contributed by atoms with Crippen molar-refractivity contribution >= 4 is 17.3 Å². The Balaban J connectivity index is 2.19. The molecule has 0 aromatic heterocycles. The van der Waals surface area contributed by atoms with Crippen LogP contribution in [0, 0.1) is 23.0 Å². The van der Waals surface area contributed by atoms with E-state index in [4.69, 9.17) is 5.11 Å². The van der Waals surface area contributed by atoms with Gasteiger partial charge in [0.05, 0.1) is 11.3 Å². The molecule has 2 N–H and O–H groups in total. The van der Waals surface area contributed by atoms with Crippen LogP contribution in [-0.4, -0.2) is 22.0 Å². The molecular formula is C13H16N2O4. The van der Waals surface area contributed by atoms with Crippen molar-refractivity contribution in [2.24, 2.45) is 5.92 Å².